The monoisotopic (exact) mass is 473 g/mol. The maximum atomic E-state index is 13.7. The molecule has 0 saturated carbocycles. The average molecular weight is 474 g/mol. The fourth-order valence-corrected chi connectivity index (χ4v) is 4.63. The van der Waals surface area contributed by atoms with Crippen molar-refractivity contribution in [2.24, 2.45) is 0 Å². The molecule has 2 aromatic carbocycles. The number of piperazine rings is 1. The predicted molar refractivity (Wildman–Crippen MR) is 133 cm³/mol. The number of hydrogen-bond acceptors (Lipinski definition) is 5. The topological polar surface area (TPSA) is 70.9 Å². The molecule has 8 heteroatoms. The van der Waals surface area contributed by atoms with Gasteiger partial charge in [-0.15, -0.1) is 0 Å². The zero-order valence-electron chi connectivity index (χ0n) is 20.1. The normalized spacial score (nSPS) is 16.9. The summed E-state index contributed by atoms with van der Waals surface area (Å²) in [5.41, 5.74) is 4.19. The van der Waals surface area contributed by atoms with Crippen LogP contribution in [0, 0.1) is 6.92 Å². The quantitative estimate of drug-likeness (QED) is 0.569. The maximum absolute atomic E-state index is 13.7. The van der Waals surface area contributed by atoms with Crippen molar-refractivity contribution in [3.63, 3.8) is 0 Å². The van der Waals surface area contributed by atoms with Gasteiger partial charge in [0.1, 0.15) is 5.69 Å². The Hall–Kier alpha value is -3.49. The van der Waals surface area contributed by atoms with E-state index in [2.05, 4.69) is 11.0 Å². The van der Waals surface area contributed by atoms with E-state index in [1.165, 1.54) is 0 Å². The molecule has 2 fully saturated rings. The molecule has 8 nitrogen and oxygen atoms in total. The molecule has 1 aromatic heterocycles. The molecule has 182 valence electrons. The molecule has 0 N–H and O–H groups in total. The Balaban J connectivity index is 1.32. The van der Waals surface area contributed by atoms with Crippen LogP contribution in [0.1, 0.15) is 15.9 Å². The van der Waals surface area contributed by atoms with Crippen LogP contribution in [0.15, 0.2) is 60.8 Å². The number of ether oxygens (including phenoxy) is 1. The van der Waals surface area contributed by atoms with Crippen LogP contribution in [-0.2, 0) is 9.53 Å². The van der Waals surface area contributed by atoms with Gasteiger partial charge in [-0.25, -0.2) is 4.68 Å². The van der Waals surface area contributed by atoms with Gasteiger partial charge in [-0.05, 0) is 25.1 Å². The maximum Gasteiger partial charge on any atom is 0.257 e. The van der Waals surface area contributed by atoms with E-state index in [4.69, 9.17) is 9.84 Å². The Kier molecular flexibility index (Phi) is 6.92. The van der Waals surface area contributed by atoms with Gasteiger partial charge in [0, 0.05) is 51.0 Å². The summed E-state index contributed by atoms with van der Waals surface area (Å²) in [5, 5.41) is 4.80. The largest absolute Gasteiger partial charge is 0.379 e. The summed E-state index contributed by atoms with van der Waals surface area (Å²) in [6.45, 7) is 7.49. The highest BCUT2D eigenvalue weighted by Crippen LogP contribution is 2.26. The standard InChI is InChI=1S/C27H31N5O3/c1-21-6-5-7-22(18-21)26-24(19-32(28-26)23-8-3-2-4-9-23)27(34)31-12-10-30(11-13-31)25(33)20-29-14-16-35-17-15-29/h2-9,18-19H,10-17,20H2,1H3. The number of hydrogen-bond donors (Lipinski definition) is 0. The van der Waals surface area contributed by atoms with Gasteiger partial charge < -0.3 is 14.5 Å². The van der Waals surface area contributed by atoms with E-state index in [0.717, 1.165) is 29.9 Å². The highest BCUT2D eigenvalue weighted by molar-refractivity contribution is 6.00. The molecule has 3 aromatic rings. The van der Waals surface area contributed by atoms with Crippen LogP contribution in [-0.4, -0.2) is 95.3 Å². The van der Waals surface area contributed by atoms with Crippen LogP contribution in [0.4, 0.5) is 0 Å². The second-order valence-corrected chi connectivity index (χ2v) is 9.10. The van der Waals surface area contributed by atoms with Crippen molar-refractivity contribution in [1.82, 2.24) is 24.5 Å². The van der Waals surface area contributed by atoms with E-state index in [1.807, 2.05) is 71.5 Å². The van der Waals surface area contributed by atoms with Crippen molar-refractivity contribution in [3.05, 3.63) is 71.9 Å². The van der Waals surface area contributed by atoms with Crippen LogP contribution >= 0.6 is 0 Å². The molecule has 2 saturated heterocycles. The Morgan fingerprint density at radius 1 is 0.886 bits per heavy atom. The molecule has 2 aliphatic rings. The second kappa shape index (κ2) is 10.4. The van der Waals surface area contributed by atoms with Gasteiger partial charge in [0.25, 0.3) is 5.91 Å². The fraction of sp³-hybridized carbons (Fsp3) is 0.370. The number of carbonyl (C=O) groups excluding carboxylic acids is 2. The third kappa shape index (κ3) is 5.28. The summed E-state index contributed by atoms with van der Waals surface area (Å²) < 4.78 is 7.14. The van der Waals surface area contributed by atoms with Gasteiger partial charge >= 0.3 is 0 Å². The minimum absolute atomic E-state index is 0.0519. The Labute approximate surface area is 205 Å². The highest BCUT2D eigenvalue weighted by atomic mass is 16.5. The van der Waals surface area contributed by atoms with Gasteiger partial charge in [-0.1, -0.05) is 42.0 Å². The molecule has 0 unspecified atom stereocenters. The first kappa shape index (κ1) is 23.3. The van der Waals surface area contributed by atoms with Crippen molar-refractivity contribution >= 4 is 11.8 Å². The molecular formula is C27H31N5O3. The Morgan fingerprint density at radius 2 is 1.60 bits per heavy atom. The lowest BCUT2D eigenvalue weighted by molar-refractivity contribution is -0.134. The fourth-order valence-electron chi connectivity index (χ4n) is 4.63. The molecule has 0 bridgehead atoms. The molecule has 35 heavy (non-hydrogen) atoms. The van der Waals surface area contributed by atoms with Crippen LogP contribution in [0.25, 0.3) is 16.9 Å². The molecule has 5 rings (SSSR count). The number of nitrogens with zero attached hydrogens (tertiary/aromatic N) is 5. The average Bonchev–Trinajstić information content (AvgIpc) is 3.35. The number of aryl methyl sites for hydroxylation is 1. The summed E-state index contributed by atoms with van der Waals surface area (Å²) in [7, 11) is 0. The number of morpholine rings is 1. The van der Waals surface area contributed by atoms with Gasteiger partial charge in [0.15, 0.2) is 0 Å². The molecule has 0 spiro atoms. The Morgan fingerprint density at radius 3 is 2.31 bits per heavy atom. The molecule has 3 heterocycles. The number of benzene rings is 2. The van der Waals surface area contributed by atoms with Crippen LogP contribution in [0.3, 0.4) is 0 Å². The summed E-state index contributed by atoms with van der Waals surface area (Å²) in [6.07, 6.45) is 1.82. The van der Waals surface area contributed by atoms with Crippen molar-refractivity contribution in [1.29, 1.82) is 0 Å². The molecule has 0 radical (unpaired) electrons. The molecular weight excluding hydrogens is 442 g/mol. The number of para-hydroxylation sites is 1. The first-order valence-electron chi connectivity index (χ1n) is 12.2. The number of aromatic nitrogens is 2. The predicted octanol–water partition coefficient (Wildman–Crippen LogP) is 2.46. The first-order valence-corrected chi connectivity index (χ1v) is 12.2. The Bertz CT molecular complexity index is 1180. The van der Waals surface area contributed by atoms with E-state index in [1.54, 1.807) is 4.68 Å². The SMILES string of the molecule is Cc1cccc(-c2nn(-c3ccccc3)cc2C(=O)N2CCN(C(=O)CN3CCOCC3)CC2)c1. The summed E-state index contributed by atoms with van der Waals surface area (Å²) in [6, 6.07) is 17.9. The first-order chi connectivity index (χ1) is 17.1. The van der Waals surface area contributed by atoms with Crippen molar-refractivity contribution in [3.8, 4) is 16.9 Å². The zero-order valence-corrected chi connectivity index (χ0v) is 20.1. The third-order valence-electron chi connectivity index (χ3n) is 6.64. The van der Waals surface area contributed by atoms with Crippen LogP contribution < -0.4 is 0 Å². The van der Waals surface area contributed by atoms with Crippen molar-refractivity contribution in [2.45, 2.75) is 6.92 Å². The van der Waals surface area contributed by atoms with Gasteiger partial charge in [-0.2, -0.15) is 5.10 Å². The number of amides is 2. The van der Waals surface area contributed by atoms with Crippen molar-refractivity contribution < 1.29 is 14.3 Å². The van der Waals surface area contributed by atoms with Gasteiger partial charge in [0.2, 0.25) is 5.91 Å². The third-order valence-corrected chi connectivity index (χ3v) is 6.64. The minimum Gasteiger partial charge on any atom is -0.379 e. The molecule has 2 amide bonds. The van der Waals surface area contributed by atoms with Gasteiger partial charge in [-0.3, -0.25) is 14.5 Å². The molecule has 2 aliphatic heterocycles. The lowest BCUT2D eigenvalue weighted by Gasteiger charge is -2.36. The van der Waals surface area contributed by atoms with Gasteiger partial charge in [0.05, 0.1) is 31.0 Å². The summed E-state index contributed by atoms with van der Waals surface area (Å²) in [5.74, 6) is 0.0697. The highest BCUT2D eigenvalue weighted by Gasteiger charge is 2.29. The van der Waals surface area contributed by atoms with Crippen LogP contribution in [0.2, 0.25) is 0 Å². The van der Waals surface area contributed by atoms with Crippen molar-refractivity contribution in [2.75, 3.05) is 59.0 Å². The van der Waals surface area contributed by atoms with Crippen LogP contribution in [0.5, 0.6) is 0 Å². The number of rotatable bonds is 5. The minimum atomic E-state index is -0.0519. The second-order valence-electron chi connectivity index (χ2n) is 9.10. The number of carbonyl (C=O) groups is 2. The van der Waals surface area contributed by atoms with E-state index >= 15 is 0 Å². The zero-order chi connectivity index (χ0) is 24.2. The lowest BCUT2D eigenvalue weighted by Crippen LogP contribution is -2.53. The van der Waals surface area contributed by atoms with E-state index < -0.39 is 0 Å². The van der Waals surface area contributed by atoms with E-state index in [9.17, 15) is 9.59 Å². The summed E-state index contributed by atoms with van der Waals surface area (Å²) in [4.78, 5) is 32.3. The molecule has 0 atom stereocenters. The summed E-state index contributed by atoms with van der Waals surface area (Å²) >= 11 is 0. The lowest BCUT2D eigenvalue weighted by atomic mass is 10.0. The van der Waals surface area contributed by atoms with E-state index in [-0.39, 0.29) is 11.8 Å². The van der Waals surface area contributed by atoms with E-state index in [0.29, 0.717) is 57.2 Å². The molecule has 0 aliphatic carbocycles. The smallest absolute Gasteiger partial charge is 0.257 e.